The second-order valence-corrected chi connectivity index (χ2v) is 3.02. The second-order valence-electron chi connectivity index (χ2n) is 3.02. The number of aromatic nitrogens is 2. The molecule has 74 valence electrons. The maximum Gasteiger partial charge on any atom is 0.315 e. The molecule has 14 heavy (non-hydrogen) atoms. The monoisotopic (exact) mass is 193 g/mol. The summed E-state index contributed by atoms with van der Waals surface area (Å²) in [4.78, 5) is 24.6. The lowest BCUT2D eigenvalue weighted by Crippen LogP contribution is -2.36. The number of carbonyl (C=O) groups excluding carboxylic acids is 1. The Morgan fingerprint density at radius 2 is 2.14 bits per heavy atom. The van der Waals surface area contributed by atoms with Gasteiger partial charge in [-0.2, -0.15) is 0 Å². The van der Waals surface area contributed by atoms with Crippen LogP contribution in [0.5, 0.6) is 0 Å². The highest BCUT2D eigenvalue weighted by Gasteiger charge is 2.20. The van der Waals surface area contributed by atoms with Gasteiger partial charge in [-0.3, -0.25) is 9.63 Å². The van der Waals surface area contributed by atoms with Crippen molar-refractivity contribution in [3.63, 3.8) is 0 Å². The van der Waals surface area contributed by atoms with Gasteiger partial charge in [0, 0.05) is 18.9 Å². The van der Waals surface area contributed by atoms with E-state index in [2.05, 4.69) is 9.97 Å². The number of hydrogen-bond acceptors (Lipinski definition) is 4. The number of hydroxylamine groups is 2. The van der Waals surface area contributed by atoms with Gasteiger partial charge < -0.3 is 0 Å². The van der Waals surface area contributed by atoms with Crippen molar-refractivity contribution in [1.29, 1.82) is 0 Å². The minimum Gasteiger partial charge on any atom is -0.271 e. The maximum absolute atomic E-state index is 11.7. The fourth-order valence-electron chi connectivity index (χ4n) is 1.28. The van der Waals surface area contributed by atoms with Crippen LogP contribution >= 0.6 is 0 Å². The first-order valence-electron chi connectivity index (χ1n) is 4.60. The molecule has 0 radical (unpaired) electrons. The molecule has 0 aromatic carbocycles. The van der Waals surface area contributed by atoms with E-state index in [1.807, 2.05) is 0 Å². The summed E-state index contributed by atoms with van der Waals surface area (Å²) in [6, 6.07) is 1.67. The van der Waals surface area contributed by atoms with Crippen molar-refractivity contribution < 1.29 is 9.63 Å². The summed E-state index contributed by atoms with van der Waals surface area (Å²) in [7, 11) is 0. The highest BCUT2D eigenvalue weighted by Crippen LogP contribution is 2.08. The first-order chi connectivity index (χ1) is 6.88. The third-order valence-electron chi connectivity index (χ3n) is 1.99. The van der Waals surface area contributed by atoms with Crippen molar-refractivity contribution in [1.82, 2.24) is 15.0 Å². The summed E-state index contributed by atoms with van der Waals surface area (Å²) >= 11 is 0. The number of amides is 1. The van der Waals surface area contributed by atoms with Gasteiger partial charge in [0.05, 0.1) is 6.61 Å². The molecule has 0 saturated carbocycles. The third kappa shape index (κ3) is 1.88. The molecule has 0 N–H and O–H groups in total. The molecule has 1 fully saturated rings. The molecule has 0 bridgehead atoms. The molecule has 1 aliphatic rings. The molecular formula is C9H11N3O2. The van der Waals surface area contributed by atoms with Gasteiger partial charge in [-0.05, 0) is 18.9 Å². The van der Waals surface area contributed by atoms with Crippen LogP contribution in [0.25, 0.3) is 0 Å². The molecular weight excluding hydrogens is 182 g/mol. The van der Waals surface area contributed by atoms with E-state index in [1.54, 1.807) is 18.5 Å². The molecule has 5 heteroatoms. The summed E-state index contributed by atoms with van der Waals surface area (Å²) in [5.74, 6) is -0.0697. The van der Waals surface area contributed by atoms with Crippen LogP contribution in [-0.4, -0.2) is 34.1 Å². The maximum atomic E-state index is 11.7. The quantitative estimate of drug-likeness (QED) is 0.657. The molecule has 0 unspecified atom stereocenters. The minimum absolute atomic E-state index is 0.189. The van der Waals surface area contributed by atoms with E-state index in [0.29, 0.717) is 13.2 Å². The number of carbonyl (C=O) groups is 1. The lowest BCUT2D eigenvalue weighted by Gasteiger charge is -2.24. The van der Waals surface area contributed by atoms with Gasteiger partial charge in [0.2, 0.25) is 5.82 Å². The van der Waals surface area contributed by atoms with Crippen LogP contribution in [-0.2, 0) is 4.84 Å². The van der Waals surface area contributed by atoms with Gasteiger partial charge in [-0.1, -0.05) is 0 Å². The van der Waals surface area contributed by atoms with Crippen molar-refractivity contribution in [2.45, 2.75) is 12.8 Å². The van der Waals surface area contributed by atoms with Gasteiger partial charge >= 0.3 is 5.91 Å². The van der Waals surface area contributed by atoms with Crippen LogP contribution < -0.4 is 0 Å². The van der Waals surface area contributed by atoms with Crippen LogP contribution in [0, 0.1) is 0 Å². The molecule has 1 aliphatic heterocycles. The topological polar surface area (TPSA) is 55.3 Å². The summed E-state index contributed by atoms with van der Waals surface area (Å²) < 4.78 is 0. The normalized spacial score (nSPS) is 16.7. The van der Waals surface area contributed by atoms with Crippen LogP contribution in [0.4, 0.5) is 0 Å². The highest BCUT2D eigenvalue weighted by atomic mass is 16.7. The van der Waals surface area contributed by atoms with Crippen LogP contribution in [0.15, 0.2) is 18.5 Å². The zero-order valence-electron chi connectivity index (χ0n) is 7.72. The standard InChI is InChI=1S/C9H11N3O2/c13-9(8-10-4-3-5-11-8)12-6-1-2-7-14-12/h3-5H,1-2,6-7H2. The molecule has 1 aromatic rings. The Morgan fingerprint density at radius 1 is 1.36 bits per heavy atom. The Hall–Kier alpha value is -1.49. The summed E-state index contributed by atoms with van der Waals surface area (Å²) in [5, 5.41) is 1.33. The van der Waals surface area contributed by atoms with Crippen molar-refractivity contribution in [2.24, 2.45) is 0 Å². The molecule has 2 rings (SSSR count). The molecule has 1 amide bonds. The van der Waals surface area contributed by atoms with Crippen LogP contribution in [0.2, 0.25) is 0 Å². The molecule has 2 heterocycles. The van der Waals surface area contributed by atoms with Gasteiger partial charge in [0.25, 0.3) is 0 Å². The fourth-order valence-corrected chi connectivity index (χ4v) is 1.28. The SMILES string of the molecule is O=C(c1ncccn1)N1CCCCO1. The summed E-state index contributed by atoms with van der Waals surface area (Å²) in [6.45, 7) is 1.22. The fraction of sp³-hybridized carbons (Fsp3) is 0.444. The number of rotatable bonds is 1. The van der Waals surface area contributed by atoms with E-state index < -0.39 is 0 Å². The van der Waals surface area contributed by atoms with E-state index in [4.69, 9.17) is 4.84 Å². The Bertz CT molecular complexity index is 309. The average molecular weight is 193 g/mol. The molecule has 0 aliphatic carbocycles. The highest BCUT2D eigenvalue weighted by molar-refractivity contribution is 5.89. The predicted octanol–water partition coefficient (Wildman–Crippen LogP) is 0.644. The first-order valence-corrected chi connectivity index (χ1v) is 4.60. The molecule has 0 atom stereocenters. The smallest absolute Gasteiger partial charge is 0.271 e. The molecule has 1 aromatic heterocycles. The molecule has 0 spiro atoms. The van der Waals surface area contributed by atoms with E-state index in [9.17, 15) is 4.79 Å². The minimum atomic E-state index is -0.259. The zero-order chi connectivity index (χ0) is 9.80. The van der Waals surface area contributed by atoms with E-state index in [1.165, 1.54) is 5.06 Å². The van der Waals surface area contributed by atoms with E-state index in [-0.39, 0.29) is 11.7 Å². The Balaban J connectivity index is 2.07. The molecule has 1 saturated heterocycles. The number of hydrogen-bond donors (Lipinski definition) is 0. The zero-order valence-corrected chi connectivity index (χ0v) is 7.72. The van der Waals surface area contributed by atoms with E-state index in [0.717, 1.165) is 12.8 Å². The molecule has 5 nitrogen and oxygen atoms in total. The van der Waals surface area contributed by atoms with Crippen LogP contribution in [0.1, 0.15) is 23.5 Å². The predicted molar refractivity (Wildman–Crippen MR) is 48.3 cm³/mol. The first kappa shape index (κ1) is 9.08. The van der Waals surface area contributed by atoms with Crippen molar-refractivity contribution in [3.05, 3.63) is 24.3 Å². The van der Waals surface area contributed by atoms with Gasteiger partial charge in [-0.25, -0.2) is 15.0 Å². The van der Waals surface area contributed by atoms with Crippen molar-refractivity contribution in [3.8, 4) is 0 Å². The van der Waals surface area contributed by atoms with Crippen molar-refractivity contribution in [2.75, 3.05) is 13.2 Å². The lowest BCUT2D eigenvalue weighted by molar-refractivity contribution is -0.144. The Morgan fingerprint density at radius 3 is 2.79 bits per heavy atom. The summed E-state index contributed by atoms with van der Waals surface area (Å²) in [5.41, 5.74) is 0. The largest absolute Gasteiger partial charge is 0.315 e. The van der Waals surface area contributed by atoms with Gasteiger partial charge in [0.1, 0.15) is 0 Å². The Kier molecular flexibility index (Phi) is 2.69. The second kappa shape index (κ2) is 4.15. The average Bonchev–Trinajstić information content (AvgIpc) is 2.30. The van der Waals surface area contributed by atoms with Gasteiger partial charge in [0.15, 0.2) is 0 Å². The number of nitrogens with zero attached hydrogens (tertiary/aromatic N) is 3. The third-order valence-corrected chi connectivity index (χ3v) is 1.99. The van der Waals surface area contributed by atoms with Crippen molar-refractivity contribution >= 4 is 5.91 Å². The summed E-state index contributed by atoms with van der Waals surface area (Å²) in [6.07, 6.45) is 5.06. The van der Waals surface area contributed by atoms with Crippen LogP contribution in [0.3, 0.4) is 0 Å². The van der Waals surface area contributed by atoms with Gasteiger partial charge in [-0.15, -0.1) is 0 Å². The van der Waals surface area contributed by atoms with E-state index >= 15 is 0 Å². The lowest BCUT2D eigenvalue weighted by atomic mass is 10.3. The Labute approximate surface area is 81.7 Å².